The van der Waals surface area contributed by atoms with Crippen molar-refractivity contribution in [2.75, 3.05) is 0 Å². The van der Waals surface area contributed by atoms with Crippen LogP contribution < -0.4 is 10.2 Å². The Hall–Kier alpha value is -0.138. The van der Waals surface area contributed by atoms with Gasteiger partial charge in [0.1, 0.15) is 0 Å². The molecule has 0 aliphatic carbocycles. The number of aliphatic carboxylic acids is 2. The van der Waals surface area contributed by atoms with E-state index in [2.05, 4.69) is 27.7 Å². The number of carbonyl (C=O) groups excluding carboxylic acids is 2. The Morgan fingerprint density at radius 1 is 0.652 bits per heavy atom. The average Bonchev–Trinajstić information content (AvgIpc) is 2.38. The van der Waals surface area contributed by atoms with Crippen molar-refractivity contribution >= 4 is 39.2 Å². The first-order chi connectivity index (χ1) is 10.3. The van der Waals surface area contributed by atoms with Gasteiger partial charge >= 0.3 is 27.3 Å². The molecule has 0 amide bonds. The number of hydrogen-bond acceptors (Lipinski definition) is 4. The summed E-state index contributed by atoms with van der Waals surface area (Å²) in [5.74, 6) is -0.393. The number of carboxylic acid groups (broad SMARTS) is 2. The van der Waals surface area contributed by atoms with Crippen molar-refractivity contribution in [3.63, 3.8) is 0 Å². The van der Waals surface area contributed by atoms with Crippen LogP contribution in [0, 0.1) is 11.8 Å². The molecule has 0 saturated carbocycles. The second kappa shape index (κ2) is 19.9. The van der Waals surface area contributed by atoms with E-state index in [1.807, 2.05) is 0 Å². The van der Waals surface area contributed by atoms with E-state index in [-0.39, 0.29) is 40.1 Å². The predicted molar refractivity (Wildman–Crippen MR) is 91.6 cm³/mol. The van der Waals surface area contributed by atoms with Crippen LogP contribution in [0.2, 0.25) is 0 Å². The van der Waals surface area contributed by atoms with Crippen LogP contribution in [0.15, 0.2) is 0 Å². The van der Waals surface area contributed by atoms with Crippen LogP contribution in [0.25, 0.3) is 0 Å². The van der Waals surface area contributed by atoms with Crippen LogP contribution >= 0.6 is 0 Å². The number of hydrogen-bond donors (Lipinski definition) is 0. The third-order valence-corrected chi connectivity index (χ3v) is 3.32. The molecule has 23 heavy (non-hydrogen) atoms. The molecule has 0 aliphatic heterocycles. The Kier molecular flexibility index (Phi) is 24.0. The number of carboxylic acids is 2. The Morgan fingerprint density at radius 3 is 1.30 bits per heavy atom. The van der Waals surface area contributed by atoms with Crippen molar-refractivity contribution in [2.24, 2.45) is 11.8 Å². The van der Waals surface area contributed by atoms with Crippen molar-refractivity contribution < 1.29 is 19.8 Å². The molecule has 0 unspecified atom stereocenters. The van der Waals surface area contributed by atoms with Crippen molar-refractivity contribution in [1.29, 1.82) is 0 Å². The summed E-state index contributed by atoms with van der Waals surface area (Å²) in [4.78, 5) is 20.0. The van der Waals surface area contributed by atoms with Gasteiger partial charge in [-0.1, -0.05) is 66.2 Å². The molecular weight excluding hydrogens is 487 g/mol. The van der Waals surface area contributed by atoms with Crippen molar-refractivity contribution in [3.05, 3.63) is 0 Å². The SMILES string of the molecule is CC(C)CCCCC(=O)[O-].CC(C)CCCCCCC(=O)[O-].[Pb+2]. The zero-order valence-corrected chi connectivity index (χ0v) is 19.2. The third kappa shape index (κ3) is 34.3. The molecule has 0 aliphatic rings. The van der Waals surface area contributed by atoms with Crippen LogP contribution in [-0.4, -0.2) is 39.2 Å². The Bertz CT molecular complexity index is 278. The number of rotatable bonds is 12. The minimum atomic E-state index is -0.927. The second-order valence-electron chi connectivity index (χ2n) is 6.73. The van der Waals surface area contributed by atoms with Gasteiger partial charge < -0.3 is 19.8 Å². The maximum absolute atomic E-state index is 10.0. The zero-order chi connectivity index (χ0) is 17.4. The van der Waals surface area contributed by atoms with Gasteiger partial charge in [-0.2, -0.15) is 0 Å². The largest absolute Gasteiger partial charge is 2.00 e. The molecular formula is C18H34O4Pb. The Balaban J connectivity index is -0.000000338. The first-order valence-electron chi connectivity index (χ1n) is 8.65. The summed E-state index contributed by atoms with van der Waals surface area (Å²) in [5.41, 5.74) is 0. The summed E-state index contributed by atoms with van der Waals surface area (Å²) in [5, 5.41) is 20.0. The van der Waals surface area contributed by atoms with Gasteiger partial charge in [0.05, 0.1) is 0 Å². The molecule has 5 heteroatoms. The maximum atomic E-state index is 10.0. The summed E-state index contributed by atoms with van der Waals surface area (Å²) < 4.78 is 0. The summed E-state index contributed by atoms with van der Waals surface area (Å²) >= 11 is 0. The Labute approximate surface area is 162 Å². The van der Waals surface area contributed by atoms with E-state index in [9.17, 15) is 19.8 Å². The van der Waals surface area contributed by atoms with Crippen LogP contribution in [0.4, 0.5) is 0 Å². The number of carbonyl (C=O) groups is 2. The summed E-state index contributed by atoms with van der Waals surface area (Å²) in [6, 6.07) is 0. The van der Waals surface area contributed by atoms with Crippen molar-refractivity contribution in [3.8, 4) is 0 Å². The molecule has 0 bridgehead atoms. The van der Waals surface area contributed by atoms with Crippen molar-refractivity contribution in [2.45, 2.75) is 91.9 Å². The smallest absolute Gasteiger partial charge is 0.550 e. The molecule has 2 radical (unpaired) electrons. The number of unbranched alkanes of at least 4 members (excludes halogenated alkanes) is 4. The molecule has 134 valence electrons. The van der Waals surface area contributed by atoms with Gasteiger partial charge in [0.2, 0.25) is 0 Å². The molecule has 0 aromatic heterocycles. The van der Waals surface area contributed by atoms with Gasteiger partial charge in [0.25, 0.3) is 0 Å². The molecule has 0 aromatic rings. The van der Waals surface area contributed by atoms with Crippen LogP contribution in [0.1, 0.15) is 91.9 Å². The van der Waals surface area contributed by atoms with E-state index in [1.54, 1.807) is 0 Å². The molecule has 4 nitrogen and oxygen atoms in total. The standard InChI is InChI=1S/C10H20O2.C8H16O2.Pb/c1-9(2)7-5-3-4-6-8-10(11)12;1-7(2)5-3-4-6-8(9)10;/h9H,3-8H2,1-2H3,(H,11,12);7H,3-6H2,1-2H3,(H,9,10);/q;;+2/p-2. The van der Waals surface area contributed by atoms with E-state index in [1.165, 1.54) is 12.8 Å². The average molecular weight is 522 g/mol. The molecule has 0 aromatic carbocycles. The van der Waals surface area contributed by atoms with Crippen LogP contribution in [0.5, 0.6) is 0 Å². The van der Waals surface area contributed by atoms with E-state index in [4.69, 9.17) is 0 Å². The van der Waals surface area contributed by atoms with E-state index < -0.39 is 11.9 Å². The monoisotopic (exact) mass is 522 g/mol. The minimum absolute atomic E-state index is 0. The van der Waals surface area contributed by atoms with Gasteiger partial charge in [0.15, 0.2) is 0 Å². The van der Waals surface area contributed by atoms with Gasteiger partial charge in [-0.3, -0.25) is 0 Å². The molecule has 0 atom stereocenters. The fourth-order valence-electron chi connectivity index (χ4n) is 2.00. The van der Waals surface area contributed by atoms with Gasteiger partial charge in [-0.25, -0.2) is 0 Å². The van der Waals surface area contributed by atoms with Gasteiger partial charge in [-0.15, -0.1) is 0 Å². The molecule has 0 fully saturated rings. The fraction of sp³-hybridized carbons (Fsp3) is 0.889. The van der Waals surface area contributed by atoms with Crippen LogP contribution in [0.3, 0.4) is 0 Å². The second-order valence-corrected chi connectivity index (χ2v) is 6.73. The van der Waals surface area contributed by atoms with E-state index in [0.29, 0.717) is 5.92 Å². The zero-order valence-electron chi connectivity index (χ0n) is 15.4. The predicted octanol–water partition coefficient (Wildman–Crippen LogP) is 2.30. The summed E-state index contributed by atoms with van der Waals surface area (Å²) in [6.07, 6.45) is 8.77. The molecule has 0 saturated heterocycles. The summed E-state index contributed by atoms with van der Waals surface area (Å²) in [7, 11) is 0. The van der Waals surface area contributed by atoms with E-state index >= 15 is 0 Å². The summed E-state index contributed by atoms with van der Waals surface area (Å²) in [6.45, 7) is 8.69. The first kappa shape index (κ1) is 27.7. The molecule has 0 rings (SSSR count). The fourth-order valence-corrected chi connectivity index (χ4v) is 2.00. The van der Waals surface area contributed by atoms with Gasteiger partial charge in [-0.05, 0) is 37.5 Å². The quantitative estimate of drug-likeness (QED) is 0.292. The van der Waals surface area contributed by atoms with E-state index in [0.717, 1.165) is 44.4 Å². The maximum Gasteiger partial charge on any atom is 2.00 e. The molecule has 0 spiro atoms. The molecule has 0 N–H and O–H groups in total. The minimum Gasteiger partial charge on any atom is -0.550 e. The normalized spacial score (nSPS) is 10.0. The Morgan fingerprint density at radius 2 is 0.957 bits per heavy atom. The first-order valence-corrected chi connectivity index (χ1v) is 8.65. The topological polar surface area (TPSA) is 80.3 Å². The van der Waals surface area contributed by atoms with Gasteiger partial charge in [0, 0.05) is 11.9 Å². The molecule has 0 heterocycles. The van der Waals surface area contributed by atoms with Crippen LogP contribution in [-0.2, 0) is 9.59 Å². The third-order valence-electron chi connectivity index (χ3n) is 3.32. The van der Waals surface area contributed by atoms with Crippen molar-refractivity contribution in [1.82, 2.24) is 0 Å².